The van der Waals surface area contributed by atoms with Crippen LogP contribution in [-0.2, 0) is 4.74 Å². The number of hydrogen-bond donors (Lipinski definition) is 1. The molecule has 5 heteroatoms. The van der Waals surface area contributed by atoms with Gasteiger partial charge in [-0.1, -0.05) is 13.3 Å². The van der Waals surface area contributed by atoms with Gasteiger partial charge < -0.3 is 15.0 Å². The van der Waals surface area contributed by atoms with Gasteiger partial charge in [-0.25, -0.2) is 4.98 Å². The van der Waals surface area contributed by atoms with Crippen molar-refractivity contribution in [2.45, 2.75) is 26.2 Å². The number of aromatic nitrogens is 1. The van der Waals surface area contributed by atoms with E-state index in [1.807, 2.05) is 13.1 Å². The Kier molecular flexibility index (Phi) is 7.65. The Bertz CT molecular complexity index is 393. The topological polar surface area (TPSA) is 54.5 Å². The number of nitrogens with one attached hydrogen (secondary N) is 1. The molecular formula is C15H25N3O2. The third-order valence-corrected chi connectivity index (χ3v) is 3.08. The molecule has 1 heterocycles. The summed E-state index contributed by atoms with van der Waals surface area (Å²) in [5.74, 6) is -0.135. The molecule has 0 aromatic carbocycles. The number of hydrogen-bond acceptors (Lipinski definition) is 4. The Morgan fingerprint density at radius 1 is 1.40 bits per heavy atom. The van der Waals surface area contributed by atoms with E-state index in [1.54, 1.807) is 19.4 Å². The number of pyridine rings is 1. The highest BCUT2D eigenvalue weighted by atomic mass is 16.5. The Hall–Kier alpha value is -1.62. The highest BCUT2D eigenvalue weighted by Crippen LogP contribution is 2.12. The van der Waals surface area contributed by atoms with E-state index in [0.717, 1.165) is 25.1 Å². The van der Waals surface area contributed by atoms with Gasteiger partial charge in [-0.05, 0) is 25.0 Å². The minimum atomic E-state index is -0.135. The van der Waals surface area contributed by atoms with Gasteiger partial charge in [0, 0.05) is 33.9 Å². The van der Waals surface area contributed by atoms with Crippen LogP contribution in [0.1, 0.15) is 36.7 Å². The Morgan fingerprint density at radius 2 is 2.20 bits per heavy atom. The molecule has 0 aliphatic rings. The summed E-state index contributed by atoms with van der Waals surface area (Å²) < 4.78 is 4.93. The van der Waals surface area contributed by atoms with Gasteiger partial charge in [0.25, 0.3) is 5.91 Å². The van der Waals surface area contributed by atoms with Crippen molar-refractivity contribution in [1.82, 2.24) is 10.3 Å². The molecule has 0 aliphatic heterocycles. The first-order chi connectivity index (χ1) is 9.69. The minimum Gasteiger partial charge on any atom is -0.385 e. The summed E-state index contributed by atoms with van der Waals surface area (Å²) in [4.78, 5) is 18.2. The molecule has 1 rings (SSSR count). The van der Waals surface area contributed by atoms with E-state index in [2.05, 4.69) is 22.1 Å². The molecule has 0 bridgehead atoms. The second-order valence-electron chi connectivity index (χ2n) is 4.78. The number of methoxy groups -OCH3 is 1. The number of ether oxygens (including phenoxy) is 1. The lowest BCUT2D eigenvalue weighted by Gasteiger charge is -2.18. The molecule has 0 radical (unpaired) electrons. The number of amides is 1. The fraction of sp³-hybridized carbons (Fsp3) is 0.600. The van der Waals surface area contributed by atoms with Crippen molar-refractivity contribution in [2.75, 3.05) is 38.8 Å². The quantitative estimate of drug-likeness (QED) is 0.703. The van der Waals surface area contributed by atoms with Crippen LogP contribution >= 0.6 is 0 Å². The van der Waals surface area contributed by atoms with Crippen molar-refractivity contribution >= 4 is 11.6 Å². The summed E-state index contributed by atoms with van der Waals surface area (Å²) in [5.41, 5.74) is 1.49. The van der Waals surface area contributed by atoms with Crippen molar-refractivity contribution in [1.29, 1.82) is 0 Å². The first kappa shape index (κ1) is 16.4. The zero-order chi connectivity index (χ0) is 14.8. The van der Waals surface area contributed by atoms with E-state index in [9.17, 15) is 4.79 Å². The van der Waals surface area contributed by atoms with Gasteiger partial charge in [0.1, 0.15) is 5.69 Å². The first-order valence-corrected chi connectivity index (χ1v) is 7.13. The maximum absolute atomic E-state index is 11.8. The molecule has 1 N–H and O–H groups in total. The lowest BCUT2D eigenvalue weighted by molar-refractivity contribution is 0.0943. The number of rotatable bonds is 9. The average Bonchev–Trinajstić information content (AvgIpc) is 2.49. The Balaban J connectivity index is 2.46. The van der Waals surface area contributed by atoms with Crippen LogP contribution in [-0.4, -0.2) is 44.7 Å². The van der Waals surface area contributed by atoms with Crippen molar-refractivity contribution < 1.29 is 9.53 Å². The summed E-state index contributed by atoms with van der Waals surface area (Å²) in [7, 11) is 3.69. The first-order valence-electron chi connectivity index (χ1n) is 7.13. The van der Waals surface area contributed by atoms with Gasteiger partial charge in [0.2, 0.25) is 0 Å². The Labute approximate surface area is 121 Å². The molecule has 0 unspecified atom stereocenters. The van der Waals surface area contributed by atoms with Gasteiger partial charge in [0.05, 0.1) is 11.9 Å². The molecule has 0 spiro atoms. The number of carbonyl (C=O) groups excluding carboxylic acids is 1. The van der Waals surface area contributed by atoms with Crippen molar-refractivity contribution in [3.8, 4) is 0 Å². The van der Waals surface area contributed by atoms with Crippen LogP contribution in [0.15, 0.2) is 18.3 Å². The molecular weight excluding hydrogens is 254 g/mol. The van der Waals surface area contributed by atoms with Crippen LogP contribution in [0.5, 0.6) is 0 Å². The van der Waals surface area contributed by atoms with Crippen LogP contribution in [0, 0.1) is 0 Å². The predicted molar refractivity (Wildman–Crippen MR) is 81.2 cm³/mol. The van der Waals surface area contributed by atoms with Crippen LogP contribution < -0.4 is 10.2 Å². The summed E-state index contributed by atoms with van der Waals surface area (Å²) >= 11 is 0. The third kappa shape index (κ3) is 5.57. The van der Waals surface area contributed by atoms with Crippen LogP contribution in [0.2, 0.25) is 0 Å². The number of carbonyl (C=O) groups is 1. The molecule has 112 valence electrons. The standard InChI is InChI=1S/C15H25N3O2/c1-4-5-10-18(2)13-7-8-14(17-12-13)15(19)16-9-6-11-20-3/h7-8,12H,4-6,9-11H2,1-3H3,(H,16,19). The number of nitrogens with zero attached hydrogens (tertiary/aromatic N) is 2. The normalized spacial score (nSPS) is 10.3. The maximum Gasteiger partial charge on any atom is 0.269 e. The SMILES string of the molecule is CCCCN(C)c1ccc(C(=O)NCCCOC)nc1. The molecule has 0 saturated carbocycles. The van der Waals surface area contributed by atoms with Gasteiger partial charge in [0.15, 0.2) is 0 Å². The molecule has 0 fully saturated rings. The summed E-state index contributed by atoms with van der Waals surface area (Å²) in [5, 5.41) is 2.82. The molecule has 0 aliphatic carbocycles. The van der Waals surface area contributed by atoms with Crippen molar-refractivity contribution in [3.05, 3.63) is 24.0 Å². The summed E-state index contributed by atoms with van der Waals surface area (Å²) in [6.45, 7) is 4.42. The predicted octanol–water partition coefficient (Wildman–Crippen LogP) is 2.08. The number of anilines is 1. The minimum absolute atomic E-state index is 0.135. The van der Waals surface area contributed by atoms with E-state index in [-0.39, 0.29) is 5.91 Å². The highest BCUT2D eigenvalue weighted by molar-refractivity contribution is 5.92. The van der Waals surface area contributed by atoms with Gasteiger partial charge in [-0.15, -0.1) is 0 Å². The van der Waals surface area contributed by atoms with Crippen LogP contribution in [0.3, 0.4) is 0 Å². The summed E-state index contributed by atoms with van der Waals surface area (Å²) in [6, 6.07) is 3.70. The van der Waals surface area contributed by atoms with Gasteiger partial charge >= 0.3 is 0 Å². The van der Waals surface area contributed by atoms with Crippen molar-refractivity contribution in [2.24, 2.45) is 0 Å². The zero-order valence-corrected chi connectivity index (χ0v) is 12.7. The van der Waals surface area contributed by atoms with E-state index in [1.165, 1.54) is 6.42 Å². The molecule has 5 nitrogen and oxygen atoms in total. The fourth-order valence-corrected chi connectivity index (χ4v) is 1.78. The van der Waals surface area contributed by atoms with E-state index in [0.29, 0.717) is 18.8 Å². The smallest absolute Gasteiger partial charge is 0.269 e. The second kappa shape index (κ2) is 9.31. The van der Waals surface area contributed by atoms with Crippen molar-refractivity contribution in [3.63, 3.8) is 0 Å². The van der Waals surface area contributed by atoms with Gasteiger partial charge in [-0.3, -0.25) is 4.79 Å². The summed E-state index contributed by atoms with van der Waals surface area (Å²) in [6.07, 6.45) is 4.87. The number of unbranched alkanes of at least 4 members (excludes halogenated alkanes) is 1. The van der Waals surface area contributed by atoms with E-state index < -0.39 is 0 Å². The highest BCUT2D eigenvalue weighted by Gasteiger charge is 2.07. The molecule has 1 aromatic rings. The zero-order valence-electron chi connectivity index (χ0n) is 12.7. The van der Waals surface area contributed by atoms with Crippen LogP contribution in [0.4, 0.5) is 5.69 Å². The van der Waals surface area contributed by atoms with Gasteiger partial charge in [-0.2, -0.15) is 0 Å². The monoisotopic (exact) mass is 279 g/mol. The molecule has 0 atom stereocenters. The average molecular weight is 279 g/mol. The Morgan fingerprint density at radius 3 is 2.80 bits per heavy atom. The van der Waals surface area contributed by atoms with E-state index in [4.69, 9.17) is 4.74 Å². The largest absolute Gasteiger partial charge is 0.385 e. The molecule has 1 amide bonds. The molecule has 1 aromatic heterocycles. The fourth-order valence-electron chi connectivity index (χ4n) is 1.78. The lowest BCUT2D eigenvalue weighted by Crippen LogP contribution is -2.26. The lowest BCUT2D eigenvalue weighted by atomic mass is 10.2. The second-order valence-corrected chi connectivity index (χ2v) is 4.78. The molecule has 20 heavy (non-hydrogen) atoms. The van der Waals surface area contributed by atoms with Crippen LogP contribution in [0.25, 0.3) is 0 Å². The molecule has 0 saturated heterocycles. The van der Waals surface area contributed by atoms with E-state index >= 15 is 0 Å². The third-order valence-electron chi connectivity index (χ3n) is 3.08. The maximum atomic E-state index is 11.8.